The summed E-state index contributed by atoms with van der Waals surface area (Å²) in [6.45, 7) is 6.95. The first-order chi connectivity index (χ1) is 7.86. The summed E-state index contributed by atoms with van der Waals surface area (Å²) in [6, 6.07) is 2.09. The van der Waals surface area contributed by atoms with Gasteiger partial charge in [0.15, 0.2) is 0 Å². The highest BCUT2D eigenvalue weighted by Crippen LogP contribution is 2.31. The van der Waals surface area contributed by atoms with Crippen molar-refractivity contribution in [1.82, 2.24) is 10.0 Å². The molecular formula is C10H17BrN2O2S2. The van der Waals surface area contributed by atoms with Crippen LogP contribution in [-0.4, -0.2) is 21.0 Å². The Kier molecular flexibility index (Phi) is 5.59. The molecule has 0 amide bonds. The molecule has 0 saturated heterocycles. The number of sulfonamides is 1. The van der Waals surface area contributed by atoms with E-state index < -0.39 is 10.0 Å². The molecule has 0 bridgehead atoms. The number of thiophene rings is 1. The molecule has 1 rings (SSSR count). The molecule has 0 fully saturated rings. The first-order valence-electron chi connectivity index (χ1n) is 5.38. The molecule has 1 aromatic heterocycles. The second-order valence-corrected chi connectivity index (χ2v) is 8.08. The quantitative estimate of drug-likeness (QED) is 0.835. The largest absolute Gasteiger partial charge is 0.310 e. The van der Waals surface area contributed by atoms with E-state index in [4.69, 9.17) is 0 Å². The second kappa shape index (κ2) is 6.29. The molecule has 0 radical (unpaired) electrons. The minimum atomic E-state index is -3.37. The molecule has 0 unspecified atom stereocenters. The van der Waals surface area contributed by atoms with Gasteiger partial charge in [0.2, 0.25) is 10.0 Å². The molecule has 0 aliphatic carbocycles. The highest BCUT2D eigenvalue weighted by Gasteiger charge is 2.19. The maximum absolute atomic E-state index is 11.8. The predicted octanol–water partition coefficient (Wildman–Crippen LogP) is 2.31. The van der Waals surface area contributed by atoms with Crippen molar-refractivity contribution in [1.29, 1.82) is 0 Å². The van der Waals surface area contributed by atoms with Gasteiger partial charge in [-0.05, 0) is 22.0 Å². The van der Waals surface area contributed by atoms with Crippen molar-refractivity contribution in [3.05, 3.63) is 14.7 Å². The maximum atomic E-state index is 11.8. The molecule has 4 nitrogen and oxygen atoms in total. The third kappa shape index (κ3) is 4.33. The van der Waals surface area contributed by atoms with Gasteiger partial charge in [0, 0.05) is 24.0 Å². The van der Waals surface area contributed by atoms with Gasteiger partial charge in [-0.1, -0.05) is 20.8 Å². The molecule has 2 N–H and O–H groups in total. The first kappa shape index (κ1) is 15.1. The number of rotatable bonds is 6. The van der Waals surface area contributed by atoms with Gasteiger partial charge in [-0.25, -0.2) is 13.1 Å². The van der Waals surface area contributed by atoms with Crippen molar-refractivity contribution in [2.75, 3.05) is 6.54 Å². The summed E-state index contributed by atoms with van der Waals surface area (Å²) in [4.78, 5) is 1.33. The zero-order valence-corrected chi connectivity index (χ0v) is 13.3. The maximum Gasteiger partial charge on any atom is 0.242 e. The zero-order chi connectivity index (χ0) is 13.1. The number of hydrogen-bond acceptors (Lipinski definition) is 4. The van der Waals surface area contributed by atoms with Crippen LogP contribution < -0.4 is 10.0 Å². The number of nitrogens with one attached hydrogen (secondary N) is 2. The monoisotopic (exact) mass is 340 g/mol. The second-order valence-electron chi connectivity index (χ2n) is 3.89. The van der Waals surface area contributed by atoms with Crippen LogP contribution in [0.15, 0.2) is 14.7 Å². The fourth-order valence-corrected chi connectivity index (χ4v) is 4.91. The summed E-state index contributed by atoms with van der Waals surface area (Å²) in [5.74, 6) is 0. The van der Waals surface area contributed by atoms with Gasteiger partial charge in [0.25, 0.3) is 0 Å². The molecule has 17 heavy (non-hydrogen) atoms. The highest BCUT2D eigenvalue weighted by molar-refractivity contribution is 9.11. The van der Waals surface area contributed by atoms with Gasteiger partial charge in [0.1, 0.15) is 4.90 Å². The molecule has 0 saturated carbocycles. The Morgan fingerprint density at radius 2 is 2.12 bits per heavy atom. The lowest BCUT2D eigenvalue weighted by Gasteiger charge is -2.05. The molecule has 1 heterocycles. The van der Waals surface area contributed by atoms with E-state index in [-0.39, 0.29) is 0 Å². The first-order valence-corrected chi connectivity index (χ1v) is 8.47. The van der Waals surface area contributed by atoms with Crippen LogP contribution in [0.4, 0.5) is 0 Å². The number of hydrogen-bond donors (Lipinski definition) is 2. The summed E-state index contributed by atoms with van der Waals surface area (Å²) in [6.07, 6.45) is 0. The molecule has 0 aliphatic rings. The van der Waals surface area contributed by atoms with E-state index in [1.807, 2.05) is 0 Å². The van der Waals surface area contributed by atoms with Crippen LogP contribution in [0.1, 0.15) is 25.6 Å². The van der Waals surface area contributed by atoms with Gasteiger partial charge in [-0.3, -0.25) is 0 Å². The van der Waals surface area contributed by atoms with Crippen molar-refractivity contribution in [3.63, 3.8) is 0 Å². The summed E-state index contributed by atoms with van der Waals surface area (Å²) >= 11 is 4.75. The Labute approximate surface area is 115 Å². The van der Waals surface area contributed by atoms with E-state index in [1.165, 1.54) is 11.3 Å². The third-order valence-electron chi connectivity index (χ3n) is 2.01. The standard InChI is InChI=1S/C10H17BrN2O2S2/c1-4-13-17(14,15)9-5-8(16-10(9)11)6-12-7(2)3/h5,7,12-13H,4,6H2,1-3H3. The minimum absolute atomic E-state index is 0.324. The van der Waals surface area contributed by atoms with E-state index in [9.17, 15) is 8.42 Å². The van der Waals surface area contributed by atoms with Crippen LogP contribution in [0, 0.1) is 0 Å². The van der Waals surface area contributed by atoms with Gasteiger partial charge < -0.3 is 5.32 Å². The van der Waals surface area contributed by atoms with E-state index in [0.717, 1.165) is 4.88 Å². The smallest absolute Gasteiger partial charge is 0.242 e. The van der Waals surface area contributed by atoms with Gasteiger partial charge in [-0.15, -0.1) is 11.3 Å². The topological polar surface area (TPSA) is 58.2 Å². The SMILES string of the molecule is CCNS(=O)(=O)c1cc(CNC(C)C)sc1Br. The van der Waals surface area contributed by atoms with Crippen LogP contribution in [0.3, 0.4) is 0 Å². The summed E-state index contributed by atoms with van der Waals surface area (Å²) in [5, 5.41) is 3.26. The van der Waals surface area contributed by atoms with E-state index in [1.54, 1.807) is 13.0 Å². The van der Waals surface area contributed by atoms with E-state index in [2.05, 4.69) is 39.8 Å². The van der Waals surface area contributed by atoms with Crippen LogP contribution in [0.25, 0.3) is 0 Å². The highest BCUT2D eigenvalue weighted by atomic mass is 79.9. The van der Waals surface area contributed by atoms with Crippen molar-refractivity contribution < 1.29 is 8.42 Å². The van der Waals surface area contributed by atoms with Crippen LogP contribution >= 0.6 is 27.3 Å². The van der Waals surface area contributed by atoms with Crippen molar-refractivity contribution in [2.45, 2.75) is 38.3 Å². The summed E-state index contributed by atoms with van der Waals surface area (Å²) in [5.41, 5.74) is 0. The van der Waals surface area contributed by atoms with Crippen molar-refractivity contribution in [2.24, 2.45) is 0 Å². The third-order valence-corrected chi connectivity index (χ3v) is 5.81. The number of halogens is 1. The molecule has 98 valence electrons. The molecule has 1 aromatic rings. The lowest BCUT2D eigenvalue weighted by molar-refractivity contribution is 0.583. The van der Waals surface area contributed by atoms with Crippen molar-refractivity contribution >= 4 is 37.3 Å². The lowest BCUT2D eigenvalue weighted by atomic mass is 10.4. The Morgan fingerprint density at radius 1 is 1.47 bits per heavy atom. The van der Waals surface area contributed by atoms with E-state index >= 15 is 0 Å². The Hall–Kier alpha value is 0.0500. The molecule has 0 atom stereocenters. The Morgan fingerprint density at radius 3 is 2.65 bits per heavy atom. The molecule has 0 aliphatic heterocycles. The van der Waals surface area contributed by atoms with E-state index in [0.29, 0.717) is 27.8 Å². The predicted molar refractivity (Wildman–Crippen MR) is 74.9 cm³/mol. The minimum Gasteiger partial charge on any atom is -0.310 e. The van der Waals surface area contributed by atoms with Gasteiger partial charge in [0.05, 0.1) is 3.79 Å². The van der Waals surface area contributed by atoms with Crippen LogP contribution in [0.5, 0.6) is 0 Å². The summed E-state index contributed by atoms with van der Waals surface area (Å²) < 4.78 is 26.8. The summed E-state index contributed by atoms with van der Waals surface area (Å²) in [7, 11) is -3.37. The fourth-order valence-electron chi connectivity index (χ4n) is 1.24. The van der Waals surface area contributed by atoms with Crippen LogP contribution in [0.2, 0.25) is 0 Å². The molecule has 7 heteroatoms. The molecule has 0 spiro atoms. The molecular weight excluding hydrogens is 324 g/mol. The average molecular weight is 341 g/mol. The normalized spacial score (nSPS) is 12.3. The van der Waals surface area contributed by atoms with Gasteiger partial charge in [-0.2, -0.15) is 0 Å². The Balaban J connectivity index is 2.89. The van der Waals surface area contributed by atoms with Crippen LogP contribution in [-0.2, 0) is 16.6 Å². The lowest BCUT2D eigenvalue weighted by Crippen LogP contribution is -2.23. The van der Waals surface area contributed by atoms with Gasteiger partial charge >= 0.3 is 0 Å². The average Bonchev–Trinajstić information content (AvgIpc) is 2.57. The van der Waals surface area contributed by atoms with Crippen molar-refractivity contribution in [3.8, 4) is 0 Å². The molecule has 0 aromatic carbocycles. The Bertz CT molecular complexity index is 469. The fraction of sp³-hybridized carbons (Fsp3) is 0.600. The zero-order valence-electron chi connectivity index (χ0n) is 10.1.